The molecule has 0 unspecified atom stereocenters. The Morgan fingerprint density at radius 3 is 1.93 bits per heavy atom. The Hall–Kier alpha value is -1.36. The molecule has 5 saturated carbocycles. The third kappa shape index (κ3) is 2.68. The molecule has 5 aliphatic carbocycles. The Labute approximate surface area is 162 Å². The summed E-state index contributed by atoms with van der Waals surface area (Å²) in [4.78, 5) is 13.9. The van der Waals surface area contributed by atoms with E-state index in [2.05, 4.69) is 5.32 Å². The van der Waals surface area contributed by atoms with Crippen LogP contribution in [0.3, 0.4) is 0 Å². The van der Waals surface area contributed by atoms with Gasteiger partial charge in [-0.3, -0.25) is 4.79 Å². The van der Waals surface area contributed by atoms with E-state index >= 15 is 0 Å². The van der Waals surface area contributed by atoms with Crippen LogP contribution in [-0.2, 0) is 14.6 Å². The number of sulfone groups is 1. The van der Waals surface area contributed by atoms with Crippen LogP contribution in [0, 0.1) is 17.8 Å². The SMILES string of the molecule is O=C(NC12CC3CC(CC(C3)C1)C2)C1(S(=O)(=O)c2ccccc2)CCCC1. The first kappa shape index (κ1) is 17.7. The van der Waals surface area contributed by atoms with E-state index in [0.29, 0.717) is 12.8 Å². The lowest BCUT2D eigenvalue weighted by molar-refractivity contribution is -0.129. The Morgan fingerprint density at radius 2 is 1.41 bits per heavy atom. The molecule has 1 aromatic rings. The van der Waals surface area contributed by atoms with Gasteiger partial charge in [-0.05, 0) is 81.3 Å². The van der Waals surface area contributed by atoms with E-state index in [1.165, 1.54) is 19.3 Å². The number of amides is 1. The number of rotatable bonds is 4. The van der Waals surface area contributed by atoms with Crippen LogP contribution in [0.2, 0.25) is 0 Å². The van der Waals surface area contributed by atoms with Crippen molar-refractivity contribution in [2.45, 2.75) is 79.4 Å². The summed E-state index contributed by atoms with van der Waals surface area (Å²) in [5, 5.41) is 3.37. The molecular weight excluding hydrogens is 358 g/mol. The van der Waals surface area contributed by atoms with Gasteiger partial charge in [-0.15, -0.1) is 0 Å². The highest BCUT2D eigenvalue weighted by Gasteiger charge is 2.57. The van der Waals surface area contributed by atoms with E-state index in [9.17, 15) is 13.2 Å². The highest BCUT2D eigenvalue weighted by Crippen LogP contribution is 2.56. The van der Waals surface area contributed by atoms with Crippen molar-refractivity contribution in [3.63, 3.8) is 0 Å². The lowest BCUT2D eigenvalue weighted by Crippen LogP contribution is -2.64. The van der Waals surface area contributed by atoms with Gasteiger partial charge in [0.25, 0.3) is 0 Å². The monoisotopic (exact) mass is 387 g/mol. The van der Waals surface area contributed by atoms with Gasteiger partial charge in [-0.25, -0.2) is 8.42 Å². The summed E-state index contributed by atoms with van der Waals surface area (Å²) < 4.78 is 25.8. The molecular formula is C22H29NO3S. The van der Waals surface area contributed by atoms with E-state index in [1.807, 2.05) is 6.07 Å². The van der Waals surface area contributed by atoms with E-state index in [0.717, 1.165) is 49.9 Å². The highest BCUT2D eigenvalue weighted by atomic mass is 32.2. The fourth-order valence-electron chi connectivity index (χ4n) is 7.01. The molecule has 0 aromatic heterocycles. The van der Waals surface area contributed by atoms with Crippen molar-refractivity contribution in [2.75, 3.05) is 0 Å². The summed E-state index contributed by atoms with van der Waals surface area (Å²) in [7, 11) is -3.70. The zero-order valence-electron chi connectivity index (χ0n) is 15.8. The molecule has 0 atom stereocenters. The molecule has 146 valence electrons. The number of carbonyl (C=O) groups is 1. The number of hydrogen-bond acceptors (Lipinski definition) is 3. The van der Waals surface area contributed by atoms with Gasteiger partial charge in [0.2, 0.25) is 5.91 Å². The Balaban J connectivity index is 1.47. The van der Waals surface area contributed by atoms with Gasteiger partial charge in [0.1, 0.15) is 0 Å². The fraction of sp³-hybridized carbons (Fsp3) is 0.682. The first-order valence-corrected chi connectivity index (χ1v) is 12.0. The second-order valence-corrected chi connectivity index (χ2v) is 11.9. The molecule has 1 aromatic carbocycles. The minimum absolute atomic E-state index is 0.145. The van der Waals surface area contributed by atoms with Crippen LogP contribution in [0.25, 0.3) is 0 Å². The van der Waals surface area contributed by atoms with Gasteiger partial charge in [0.15, 0.2) is 14.6 Å². The molecule has 0 saturated heterocycles. The van der Waals surface area contributed by atoms with E-state index in [1.54, 1.807) is 24.3 Å². The van der Waals surface area contributed by atoms with Gasteiger partial charge >= 0.3 is 0 Å². The van der Waals surface area contributed by atoms with Crippen LogP contribution in [0.1, 0.15) is 64.2 Å². The highest BCUT2D eigenvalue weighted by molar-refractivity contribution is 7.93. The number of benzene rings is 1. The van der Waals surface area contributed by atoms with Crippen LogP contribution in [-0.4, -0.2) is 24.6 Å². The van der Waals surface area contributed by atoms with Gasteiger partial charge < -0.3 is 5.32 Å². The first-order chi connectivity index (χ1) is 12.9. The Morgan fingerprint density at radius 1 is 0.889 bits per heavy atom. The molecule has 0 radical (unpaired) electrons. The molecule has 0 aliphatic heterocycles. The molecule has 0 spiro atoms. The van der Waals surface area contributed by atoms with Crippen LogP contribution in [0.5, 0.6) is 0 Å². The number of hydrogen-bond donors (Lipinski definition) is 1. The van der Waals surface area contributed by atoms with Crippen LogP contribution in [0.15, 0.2) is 35.2 Å². The lowest BCUT2D eigenvalue weighted by atomic mass is 9.53. The van der Waals surface area contributed by atoms with Crippen molar-refractivity contribution in [1.82, 2.24) is 5.32 Å². The summed E-state index contributed by atoms with van der Waals surface area (Å²) in [5.74, 6) is 1.95. The lowest BCUT2D eigenvalue weighted by Gasteiger charge is -2.57. The molecule has 0 heterocycles. The third-order valence-corrected chi connectivity index (χ3v) is 10.3. The molecule has 4 nitrogen and oxygen atoms in total. The molecule has 27 heavy (non-hydrogen) atoms. The van der Waals surface area contributed by atoms with Crippen molar-refractivity contribution in [2.24, 2.45) is 17.8 Å². The first-order valence-electron chi connectivity index (χ1n) is 10.5. The van der Waals surface area contributed by atoms with Crippen LogP contribution >= 0.6 is 0 Å². The standard InChI is InChI=1S/C22H29NO3S/c24-20(23-21-13-16-10-17(14-21)12-18(11-16)15-21)22(8-4-5-9-22)27(25,26)19-6-2-1-3-7-19/h1-3,6-7,16-18H,4-5,8-15H2,(H,23,24). The predicted octanol–water partition coefficient (Wildman–Crippen LogP) is 3.86. The smallest absolute Gasteiger partial charge is 0.242 e. The third-order valence-electron chi connectivity index (χ3n) is 7.81. The van der Waals surface area contributed by atoms with Gasteiger partial charge in [-0.2, -0.15) is 0 Å². The van der Waals surface area contributed by atoms with Gasteiger partial charge in [-0.1, -0.05) is 31.0 Å². The minimum Gasteiger partial charge on any atom is -0.349 e. The van der Waals surface area contributed by atoms with E-state index in [-0.39, 0.29) is 16.3 Å². The van der Waals surface area contributed by atoms with Crippen molar-refractivity contribution in [3.05, 3.63) is 30.3 Å². The van der Waals surface area contributed by atoms with E-state index in [4.69, 9.17) is 0 Å². The van der Waals surface area contributed by atoms with Crippen molar-refractivity contribution < 1.29 is 13.2 Å². The molecule has 5 aliphatic rings. The topological polar surface area (TPSA) is 63.2 Å². The van der Waals surface area contributed by atoms with Crippen LogP contribution < -0.4 is 5.32 Å². The number of carbonyl (C=O) groups excluding carboxylic acids is 1. The fourth-order valence-corrected chi connectivity index (χ4v) is 9.10. The maximum Gasteiger partial charge on any atom is 0.242 e. The van der Waals surface area contributed by atoms with Gasteiger partial charge in [0.05, 0.1) is 4.90 Å². The largest absolute Gasteiger partial charge is 0.349 e. The second kappa shape index (κ2) is 6.07. The average Bonchev–Trinajstić information content (AvgIpc) is 3.13. The number of nitrogens with one attached hydrogen (secondary N) is 1. The summed E-state index contributed by atoms with van der Waals surface area (Å²) in [5.41, 5.74) is -0.145. The van der Waals surface area contributed by atoms with Gasteiger partial charge in [0, 0.05) is 5.54 Å². The van der Waals surface area contributed by atoms with E-state index < -0.39 is 14.6 Å². The zero-order valence-corrected chi connectivity index (χ0v) is 16.6. The average molecular weight is 388 g/mol. The van der Waals surface area contributed by atoms with Crippen LogP contribution in [0.4, 0.5) is 0 Å². The summed E-state index contributed by atoms with van der Waals surface area (Å²) >= 11 is 0. The second-order valence-electron chi connectivity index (χ2n) is 9.67. The molecule has 5 fully saturated rings. The zero-order chi connectivity index (χ0) is 18.7. The maximum atomic E-state index is 13.6. The molecule has 5 heteroatoms. The van der Waals surface area contributed by atoms with Crippen molar-refractivity contribution in [3.8, 4) is 0 Å². The normalized spacial score (nSPS) is 36.7. The summed E-state index contributed by atoms with van der Waals surface area (Å²) in [6, 6.07) is 8.57. The van der Waals surface area contributed by atoms with Crippen molar-refractivity contribution >= 4 is 15.7 Å². The molecule has 4 bridgehead atoms. The molecule has 1 amide bonds. The quantitative estimate of drug-likeness (QED) is 0.853. The van der Waals surface area contributed by atoms with Crippen molar-refractivity contribution in [1.29, 1.82) is 0 Å². The summed E-state index contributed by atoms with van der Waals surface area (Å²) in [6.45, 7) is 0. The Kier molecular flexibility index (Phi) is 3.98. The summed E-state index contributed by atoms with van der Waals surface area (Å²) in [6.07, 6.45) is 9.57. The maximum absolute atomic E-state index is 13.6. The molecule has 6 rings (SSSR count). The predicted molar refractivity (Wildman–Crippen MR) is 104 cm³/mol. The Bertz CT molecular complexity index is 804. The minimum atomic E-state index is -3.70. The molecule has 1 N–H and O–H groups in total.